The van der Waals surface area contributed by atoms with E-state index < -0.39 is 0 Å². The molecule has 2 N–H and O–H groups in total. The number of rotatable bonds is 5. The van der Waals surface area contributed by atoms with E-state index in [1.165, 1.54) is 0 Å². The molecule has 1 aliphatic heterocycles. The zero-order chi connectivity index (χ0) is 11.1. The largest absolute Gasteiger partial charge is 0.383 e. The molecule has 94 valence electrons. The maximum atomic E-state index is 11.3. The van der Waals surface area contributed by atoms with Crippen LogP contribution in [0.4, 0.5) is 0 Å². The fraction of sp³-hybridized carbons (Fsp3) is 0.778. The number of nitrogens with one attached hydrogen (secondary N) is 2. The van der Waals surface area contributed by atoms with Crippen molar-refractivity contribution in [3.8, 4) is 0 Å². The van der Waals surface area contributed by atoms with Crippen molar-refractivity contribution in [3.05, 3.63) is 0 Å². The van der Waals surface area contributed by atoms with Crippen LogP contribution in [0, 0.1) is 0 Å². The van der Waals surface area contributed by atoms with Gasteiger partial charge in [-0.2, -0.15) is 0 Å². The first kappa shape index (κ1) is 15.4. The number of guanidine groups is 1. The fourth-order valence-corrected chi connectivity index (χ4v) is 1.24. The predicted molar refractivity (Wildman–Crippen MR) is 73.2 cm³/mol. The zero-order valence-corrected chi connectivity index (χ0v) is 12.0. The lowest BCUT2D eigenvalue weighted by Crippen LogP contribution is -2.42. The minimum absolute atomic E-state index is 0. The first-order valence-electron chi connectivity index (χ1n) is 4.99. The van der Waals surface area contributed by atoms with Gasteiger partial charge in [-0.25, -0.2) is 0 Å². The third-order valence-corrected chi connectivity index (χ3v) is 2.09. The van der Waals surface area contributed by atoms with Crippen LogP contribution in [-0.2, 0) is 9.53 Å². The highest BCUT2D eigenvalue weighted by Gasteiger charge is 2.12. The molecule has 0 unspecified atom stereocenters. The minimum Gasteiger partial charge on any atom is -0.383 e. The van der Waals surface area contributed by atoms with Crippen molar-refractivity contribution in [2.45, 2.75) is 0 Å². The van der Waals surface area contributed by atoms with E-state index in [1.807, 2.05) is 11.9 Å². The van der Waals surface area contributed by atoms with E-state index in [-0.39, 0.29) is 36.4 Å². The smallest absolute Gasteiger partial charge is 0.239 e. The number of carbonyl (C=O) groups excluding carboxylic acids is 1. The van der Waals surface area contributed by atoms with Crippen LogP contribution in [0.2, 0.25) is 0 Å². The van der Waals surface area contributed by atoms with Gasteiger partial charge in [-0.1, -0.05) is 0 Å². The molecule has 0 aliphatic carbocycles. The standard InChI is InChI=1S/C9H18N4O2.HI/c1-13-5-3-11-9(13)12-7-8(14)10-4-6-15-2;/h3-7H2,1-2H3,(H,10,14)(H,11,12);1H. The lowest BCUT2D eigenvalue weighted by molar-refractivity contribution is -0.120. The molecule has 1 amide bonds. The second-order valence-corrected chi connectivity index (χ2v) is 3.32. The Balaban J connectivity index is 0.00000225. The molecule has 16 heavy (non-hydrogen) atoms. The average Bonchev–Trinajstić information content (AvgIpc) is 2.61. The van der Waals surface area contributed by atoms with Crippen LogP contribution >= 0.6 is 24.0 Å². The topological polar surface area (TPSA) is 66.0 Å². The predicted octanol–water partition coefficient (Wildman–Crippen LogP) is -0.742. The number of aliphatic imine (C=N–C) groups is 1. The van der Waals surface area contributed by atoms with E-state index in [0.29, 0.717) is 13.2 Å². The summed E-state index contributed by atoms with van der Waals surface area (Å²) in [5, 5.41) is 5.70. The monoisotopic (exact) mass is 342 g/mol. The summed E-state index contributed by atoms with van der Waals surface area (Å²) in [6, 6.07) is 0. The molecular weight excluding hydrogens is 323 g/mol. The summed E-state index contributed by atoms with van der Waals surface area (Å²) in [5.74, 6) is 0.743. The Labute approximate surface area is 113 Å². The molecule has 6 nitrogen and oxygen atoms in total. The molecule has 0 saturated heterocycles. The lowest BCUT2D eigenvalue weighted by atomic mass is 10.5. The van der Waals surface area contributed by atoms with Gasteiger partial charge in [-0.15, -0.1) is 24.0 Å². The third-order valence-electron chi connectivity index (χ3n) is 2.09. The maximum Gasteiger partial charge on any atom is 0.239 e. The summed E-state index contributed by atoms with van der Waals surface area (Å²) in [4.78, 5) is 17.5. The molecule has 0 aromatic heterocycles. The first-order valence-corrected chi connectivity index (χ1v) is 4.99. The van der Waals surface area contributed by atoms with Crippen molar-refractivity contribution in [3.63, 3.8) is 0 Å². The minimum atomic E-state index is -0.0462. The molecule has 0 spiro atoms. The summed E-state index contributed by atoms with van der Waals surface area (Å²) >= 11 is 0. The van der Waals surface area contributed by atoms with Gasteiger partial charge in [0.15, 0.2) is 5.96 Å². The van der Waals surface area contributed by atoms with E-state index in [2.05, 4.69) is 15.6 Å². The summed E-state index contributed by atoms with van der Waals surface area (Å²) < 4.78 is 4.82. The molecule has 0 aromatic rings. The molecule has 1 rings (SSSR count). The lowest BCUT2D eigenvalue weighted by Gasteiger charge is -2.14. The Bertz CT molecular complexity index is 248. The Morgan fingerprint density at radius 1 is 1.62 bits per heavy atom. The molecule has 7 heteroatoms. The first-order chi connectivity index (χ1) is 7.24. The quantitative estimate of drug-likeness (QED) is 0.510. The van der Waals surface area contributed by atoms with Crippen molar-refractivity contribution in [2.24, 2.45) is 4.99 Å². The van der Waals surface area contributed by atoms with E-state index >= 15 is 0 Å². The summed E-state index contributed by atoms with van der Waals surface area (Å²) in [6.07, 6.45) is 0. The van der Waals surface area contributed by atoms with Gasteiger partial charge in [0.2, 0.25) is 5.91 Å². The van der Waals surface area contributed by atoms with Crippen LogP contribution in [0.5, 0.6) is 0 Å². The Kier molecular flexibility index (Phi) is 8.26. The van der Waals surface area contributed by atoms with Crippen molar-refractivity contribution in [1.29, 1.82) is 0 Å². The van der Waals surface area contributed by atoms with E-state index in [4.69, 9.17) is 4.74 Å². The summed E-state index contributed by atoms with van der Waals surface area (Å²) in [6.45, 7) is 3.04. The number of likely N-dealkylation sites (N-methyl/N-ethyl adjacent to an activating group) is 1. The number of amides is 1. The number of nitrogens with zero attached hydrogens (tertiary/aromatic N) is 2. The van der Waals surface area contributed by atoms with E-state index in [9.17, 15) is 4.79 Å². The van der Waals surface area contributed by atoms with Crippen LogP contribution < -0.4 is 10.6 Å². The number of carbonyl (C=O) groups is 1. The summed E-state index contributed by atoms with van der Waals surface area (Å²) in [5.41, 5.74) is 0. The number of hydrogen-bond donors (Lipinski definition) is 2. The van der Waals surface area contributed by atoms with Gasteiger partial charge in [0.05, 0.1) is 19.7 Å². The van der Waals surface area contributed by atoms with Gasteiger partial charge in [0.1, 0.15) is 0 Å². The van der Waals surface area contributed by atoms with Crippen LogP contribution in [0.3, 0.4) is 0 Å². The normalized spacial score (nSPS) is 14.1. The third kappa shape index (κ3) is 5.50. The number of halogens is 1. The van der Waals surface area contributed by atoms with Crippen molar-refractivity contribution in [1.82, 2.24) is 15.5 Å². The molecule has 0 radical (unpaired) electrons. The number of methoxy groups -OCH3 is 1. The zero-order valence-electron chi connectivity index (χ0n) is 9.65. The second kappa shape index (κ2) is 8.57. The maximum absolute atomic E-state index is 11.3. The molecule has 0 aromatic carbocycles. The van der Waals surface area contributed by atoms with Gasteiger partial charge in [-0.05, 0) is 0 Å². The molecule has 0 atom stereocenters. The second-order valence-electron chi connectivity index (χ2n) is 3.32. The van der Waals surface area contributed by atoms with Crippen molar-refractivity contribution < 1.29 is 9.53 Å². The Morgan fingerprint density at radius 3 is 2.94 bits per heavy atom. The number of hydrogen-bond acceptors (Lipinski definition) is 5. The SMILES string of the molecule is COCCNC(=O)CNC1=NCCN1C.I. The molecule has 0 saturated carbocycles. The molecule has 1 heterocycles. The molecule has 0 fully saturated rings. The Morgan fingerprint density at radius 2 is 2.38 bits per heavy atom. The average molecular weight is 342 g/mol. The van der Waals surface area contributed by atoms with Crippen LogP contribution in [0.25, 0.3) is 0 Å². The highest BCUT2D eigenvalue weighted by atomic mass is 127. The van der Waals surface area contributed by atoms with Gasteiger partial charge in [0, 0.05) is 27.2 Å². The highest BCUT2D eigenvalue weighted by Crippen LogP contribution is 1.93. The van der Waals surface area contributed by atoms with Crippen LogP contribution in [0.15, 0.2) is 4.99 Å². The molecule has 1 aliphatic rings. The van der Waals surface area contributed by atoms with Gasteiger partial charge in [-0.3, -0.25) is 9.79 Å². The van der Waals surface area contributed by atoms with Crippen LogP contribution in [-0.4, -0.2) is 63.7 Å². The van der Waals surface area contributed by atoms with Crippen molar-refractivity contribution >= 4 is 35.8 Å². The van der Waals surface area contributed by atoms with E-state index in [0.717, 1.165) is 19.0 Å². The van der Waals surface area contributed by atoms with Gasteiger partial charge >= 0.3 is 0 Å². The van der Waals surface area contributed by atoms with Crippen molar-refractivity contribution in [2.75, 3.05) is 46.9 Å². The number of ether oxygens (including phenoxy) is 1. The highest BCUT2D eigenvalue weighted by molar-refractivity contribution is 14.0. The molecule has 0 bridgehead atoms. The summed E-state index contributed by atoms with van der Waals surface area (Å²) in [7, 11) is 3.55. The Hall–Kier alpha value is -0.570. The molecular formula is C9H19IN4O2. The van der Waals surface area contributed by atoms with E-state index in [1.54, 1.807) is 7.11 Å². The van der Waals surface area contributed by atoms with Gasteiger partial charge in [0.25, 0.3) is 0 Å². The fourth-order valence-electron chi connectivity index (χ4n) is 1.24. The van der Waals surface area contributed by atoms with Crippen LogP contribution in [0.1, 0.15) is 0 Å². The van der Waals surface area contributed by atoms with Gasteiger partial charge < -0.3 is 20.3 Å².